The maximum atomic E-state index is 6.12. The van der Waals surface area contributed by atoms with Crippen molar-refractivity contribution in [3.05, 3.63) is 11.7 Å². The molecule has 2 atom stereocenters. The Morgan fingerprint density at radius 2 is 2.10 bits per heavy atom. The van der Waals surface area contributed by atoms with Crippen molar-refractivity contribution in [2.24, 2.45) is 11.7 Å². The lowest BCUT2D eigenvalue weighted by molar-refractivity contribution is 0.214. The van der Waals surface area contributed by atoms with E-state index in [0.717, 1.165) is 31.9 Å². The minimum Gasteiger partial charge on any atom is -0.339 e. The molecule has 0 amide bonds. The smallest absolute Gasteiger partial charge is 0.228 e. The van der Waals surface area contributed by atoms with Crippen molar-refractivity contribution in [3.8, 4) is 0 Å². The van der Waals surface area contributed by atoms with E-state index in [-0.39, 0.29) is 12.1 Å². The molecule has 1 aliphatic heterocycles. The zero-order valence-corrected chi connectivity index (χ0v) is 13.7. The fourth-order valence-corrected chi connectivity index (χ4v) is 2.95. The Hall–Kier alpha value is -0.980. The molecule has 21 heavy (non-hydrogen) atoms. The average Bonchev–Trinajstić information content (AvgIpc) is 2.75. The van der Waals surface area contributed by atoms with Gasteiger partial charge in [-0.1, -0.05) is 19.0 Å². The SMILES string of the molecule is CC(C)CC(N)Cc1nc(C2CN(C)CCCN2C)no1. The van der Waals surface area contributed by atoms with E-state index in [4.69, 9.17) is 10.3 Å². The predicted molar refractivity (Wildman–Crippen MR) is 82.9 cm³/mol. The molecule has 6 heteroatoms. The highest BCUT2D eigenvalue weighted by atomic mass is 16.5. The van der Waals surface area contributed by atoms with Crippen LogP contribution in [0.25, 0.3) is 0 Å². The molecule has 1 saturated heterocycles. The summed E-state index contributed by atoms with van der Waals surface area (Å²) < 4.78 is 5.41. The maximum absolute atomic E-state index is 6.12. The lowest BCUT2D eigenvalue weighted by Crippen LogP contribution is -2.31. The molecule has 1 aromatic heterocycles. The third-order valence-corrected chi connectivity index (χ3v) is 4.06. The lowest BCUT2D eigenvalue weighted by atomic mass is 10.0. The van der Waals surface area contributed by atoms with Gasteiger partial charge in [0.2, 0.25) is 5.89 Å². The number of hydrogen-bond acceptors (Lipinski definition) is 6. The summed E-state index contributed by atoms with van der Waals surface area (Å²) in [6.45, 7) is 7.47. The van der Waals surface area contributed by atoms with Crippen molar-refractivity contribution in [1.82, 2.24) is 19.9 Å². The highest BCUT2D eigenvalue weighted by Gasteiger charge is 2.26. The van der Waals surface area contributed by atoms with Gasteiger partial charge in [0.25, 0.3) is 0 Å². The van der Waals surface area contributed by atoms with Gasteiger partial charge in [-0.05, 0) is 45.9 Å². The molecule has 2 heterocycles. The zero-order chi connectivity index (χ0) is 15.4. The summed E-state index contributed by atoms with van der Waals surface area (Å²) in [5, 5.41) is 4.19. The van der Waals surface area contributed by atoms with Crippen LogP contribution in [-0.4, -0.2) is 59.7 Å². The van der Waals surface area contributed by atoms with Crippen LogP contribution in [0.15, 0.2) is 4.52 Å². The predicted octanol–water partition coefficient (Wildman–Crippen LogP) is 1.29. The van der Waals surface area contributed by atoms with Crippen molar-refractivity contribution in [3.63, 3.8) is 0 Å². The molecule has 0 spiro atoms. The first kappa shape index (κ1) is 16.4. The van der Waals surface area contributed by atoms with Crippen LogP contribution in [0.3, 0.4) is 0 Å². The van der Waals surface area contributed by atoms with Crippen LogP contribution in [0.1, 0.15) is 44.4 Å². The van der Waals surface area contributed by atoms with E-state index in [1.165, 1.54) is 6.42 Å². The molecule has 2 unspecified atom stereocenters. The van der Waals surface area contributed by atoms with Gasteiger partial charge in [0.15, 0.2) is 5.82 Å². The second kappa shape index (κ2) is 7.33. The highest BCUT2D eigenvalue weighted by Crippen LogP contribution is 2.21. The number of nitrogens with zero attached hydrogens (tertiary/aromatic N) is 4. The van der Waals surface area contributed by atoms with Crippen molar-refractivity contribution in [2.45, 2.75) is 45.2 Å². The first-order valence-electron chi connectivity index (χ1n) is 7.92. The minimum absolute atomic E-state index is 0.0906. The molecular weight excluding hydrogens is 266 g/mol. The molecule has 0 aromatic carbocycles. The van der Waals surface area contributed by atoms with Gasteiger partial charge in [-0.15, -0.1) is 0 Å². The van der Waals surface area contributed by atoms with Gasteiger partial charge in [-0.25, -0.2) is 0 Å². The average molecular weight is 295 g/mol. The summed E-state index contributed by atoms with van der Waals surface area (Å²) in [6.07, 6.45) is 2.81. The van der Waals surface area contributed by atoms with Crippen molar-refractivity contribution >= 4 is 0 Å². The molecule has 0 bridgehead atoms. The van der Waals surface area contributed by atoms with E-state index < -0.39 is 0 Å². The normalized spacial score (nSPS) is 23.4. The van der Waals surface area contributed by atoms with E-state index >= 15 is 0 Å². The summed E-state index contributed by atoms with van der Waals surface area (Å²) in [5.74, 6) is 2.04. The number of likely N-dealkylation sites (N-methyl/N-ethyl adjacent to an activating group) is 2. The van der Waals surface area contributed by atoms with Crippen LogP contribution in [0.5, 0.6) is 0 Å². The van der Waals surface area contributed by atoms with E-state index in [1.807, 2.05) is 0 Å². The largest absolute Gasteiger partial charge is 0.339 e. The lowest BCUT2D eigenvalue weighted by Gasteiger charge is -2.24. The molecule has 2 N–H and O–H groups in total. The van der Waals surface area contributed by atoms with Gasteiger partial charge in [0.1, 0.15) is 0 Å². The van der Waals surface area contributed by atoms with Crippen LogP contribution in [-0.2, 0) is 6.42 Å². The van der Waals surface area contributed by atoms with Gasteiger partial charge in [-0.3, -0.25) is 4.90 Å². The molecule has 1 fully saturated rings. The highest BCUT2D eigenvalue weighted by molar-refractivity contribution is 4.98. The molecule has 0 saturated carbocycles. The molecule has 1 aromatic rings. The van der Waals surface area contributed by atoms with Crippen LogP contribution in [0.2, 0.25) is 0 Å². The topological polar surface area (TPSA) is 71.4 Å². The number of hydrogen-bond donors (Lipinski definition) is 1. The third-order valence-electron chi connectivity index (χ3n) is 4.06. The van der Waals surface area contributed by atoms with Crippen molar-refractivity contribution in [2.75, 3.05) is 33.7 Å². The second-order valence-electron chi connectivity index (χ2n) is 6.75. The molecule has 2 rings (SSSR count). The Kier molecular flexibility index (Phi) is 5.72. The molecule has 0 radical (unpaired) electrons. The van der Waals surface area contributed by atoms with Crippen molar-refractivity contribution < 1.29 is 4.52 Å². The second-order valence-corrected chi connectivity index (χ2v) is 6.75. The summed E-state index contributed by atoms with van der Waals surface area (Å²) in [4.78, 5) is 9.22. The summed E-state index contributed by atoms with van der Waals surface area (Å²) in [6, 6.07) is 0.296. The van der Waals surface area contributed by atoms with Crippen LogP contribution >= 0.6 is 0 Å². The van der Waals surface area contributed by atoms with E-state index in [0.29, 0.717) is 18.2 Å². The Balaban J connectivity index is 2.00. The number of rotatable bonds is 5. The summed E-state index contributed by atoms with van der Waals surface area (Å²) in [5.41, 5.74) is 6.12. The van der Waals surface area contributed by atoms with E-state index in [2.05, 4.69) is 47.9 Å². The first-order valence-corrected chi connectivity index (χ1v) is 7.92. The minimum atomic E-state index is 0.0906. The van der Waals surface area contributed by atoms with Gasteiger partial charge in [-0.2, -0.15) is 4.98 Å². The molecule has 0 aliphatic carbocycles. The monoisotopic (exact) mass is 295 g/mol. The maximum Gasteiger partial charge on any atom is 0.228 e. The van der Waals surface area contributed by atoms with E-state index in [9.17, 15) is 0 Å². The summed E-state index contributed by atoms with van der Waals surface area (Å²) >= 11 is 0. The molecular formula is C15H29N5O. The Bertz CT molecular complexity index is 433. The first-order chi connectivity index (χ1) is 9.95. The van der Waals surface area contributed by atoms with Gasteiger partial charge in [0, 0.05) is 19.0 Å². The molecule has 120 valence electrons. The standard InChI is InChI=1S/C15H29N5O/c1-11(2)8-12(16)9-14-17-15(18-21-14)13-10-19(3)6-5-7-20(13)4/h11-13H,5-10,16H2,1-4H3. The Labute approximate surface area is 127 Å². The van der Waals surface area contributed by atoms with Crippen molar-refractivity contribution in [1.29, 1.82) is 0 Å². The fourth-order valence-electron chi connectivity index (χ4n) is 2.95. The van der Waals surface area contributed by atoms with E-state index in [1.54, 1.807) is 0 Å². The van der Waals surface area contributed by atoms with Crippen LogP contribution < -0.4 is 5.73 Å². The number of aromatic nitrogens is 2. The van der Waals surface area contributed by atoms with Gasteiger partial charge in [0.05, 0.1) is 6.04 Å². The summed E-state index contributed by atoms with van der Waals surface area (Å²) in [7, 11) is 4.27. The Morgan fingerprint density at radius 1 is 1.33 bits per heavy atom. The van der Waals surface area contributed by atoms with Gasteiger partial charge < -0.3 is 15.2 Å². The zero-order valence-electron chi connectivity index (χ0n) is 13.7. The Morgan fingerprint density at radius 3 is 2.81 bits per heavy atom. The fraction of sp³-hybridized carbons (Fsp3) is 0.867. The molecule has 6 nitrogen and oxygen atoms in total. The van der Waals surface area contributed by atoms with Crippen LogP contribution in [0, 0.1) is 5.92 Å². The van der Waals surface area contributed by atoms with Gasteiger partial charge >= 0.3 is 0 Å². The quantitative estimate of drug-likeness (QED) is 0.882. The third kappa shape index (κ3) is 4.76. The molecule has 1 aliphatic rings. The number of nitrogens with two attached hydrogens (primary N) is 1. The van der Waals surface area contributed by atoms with Crippen LogP contribution in [0.4, 0.5) is 0 Å².